The zero-order valence-corrected chi connectivity index (χ0v) is 23.1. The minimum absolute atomic E-state index is 0.00704. The van der Waals surface area contributed by atoms with Crippen molar-refractivity contribution in [1.29, 1.82) is 5.26 Å². The van der Waals surface area contributed by atoms with Crippen molar-refractivity contribution in [3.05, 3.63) is 88.5 Å². The van der Waals surface area contributed by atoms with E-state index in [2.05, 4.69) is 41.1 Å². The van der Waals surface area contributed by atoms with Gasteiger partial charge in [-0.25, -0.2) is 4.79 Å². The molecule has 3 aromatic rings. The number of hydrogen-bond donors (Lipinski definition) is 0. The second-order valence-electron chi connectivity index (χ2n) is 11.4. The Morgan fingerprint density at radius 3 is 2.24 bits per heavy atom. The molecule has 42 heavy (non-hydrogen) atoms. The van der Waals surface area contributed by atoms with Gasteiger partial charge in [0.1, 0.15) is 12.6 Å². The summed E-state index contributed by atoms with van der Waals surface area (Å²) in [6, 6.07) is 19.7. The minimum atomic E-state index is -0.427. The molecule has 2 bridgehead atoms. The van der Waals surface area contributed by atoms with Gasteiger partial charge in [0, 0.05) is 18.2 Å². The third-order valence-corrected chi connectivity index (χ3v) is 9.29. The SMILES string of the molecule is CN1C2Cc3cc4c(cc3C1C1Cc3cc5c(cc3C(COC(=O)C=Cc3ccccc3)N1C2C#N)OCO5)OCO4. The van der Waals surface area contributed by atoms with Gasteiger partial charge in [0.15, 0.2) is 23.0 Å². The Hall–Kier alpha value is -4.52. The Bertz CT molecular complexity index is 1650. The molecule has 5 unspecified atom stereocenters. The molecule has 5 aliphatic rings. The molecule has 9 nitrogen and oxygen atoms in total. The highest BCUT2D eigenvalue weighted by Gasteiger charge is 2.55. The molecule has 8 rings (SSSR count). The second-order valence-corrected chi connectivity index (χ2v) is 11.4. The van der Waals surface area contributed by atoms with Gasteiger partial charge in [-0.3, -0.25) is 9.80 Å². The second kappa shape index (κ2) is 9.79. The molecule has 1 fully saturated rings. The smallest absolute Gasteiger partial charge is 0.330 e. The van der Waals surface area contributed by atoms with Gasteiger partial charge >= 0.3 is 5.97 Å². The first kappa shape index (κ1) is 25.2. The van der Waals surface area contributed by atoms with Gasteiger partial charge < -0.3 is 23.7 Å². The van der Waals surface area contributed by atoms with Crippen molar-refractivity contribution in [2.75, 3.05) is 27.2 Å². The van der Waals surface area contributed by atoms with Crippen LogP contribution < -0.4 is 18.9 Å². The topological polar surface area (TPSA) is 93.5 Å². The fraction of sp³-hybridized carbons (Fsp3) is 0.333. The van der Waals surface area contributed by atoms with Gasteiger partial charge in [0.2, 0.25) is 13.6 Å². The van der Waals surface area contributed by atoms with Crippen molar-refractivity contribution in [2.45, 2.75) is 43.1 Å². The molecular formula is C33H29N3O6. The van der Waals surface area contributed by atoms with Crippen molar-refractivity contribution < 1.29 is 28.5 Å². The van der Waals surface area contributed by atoms with Gasteiger partial charge in [-0.15, -0.1) is 0 Å². The lowest BCUT2D eigenvalue weighted by molar-refractivity contribution is -0.143. The predicted molar refractivity (Wildman–Crippen MR) is 151 cm³/mol. The number of carbonyl (C=O) groups is 1. The Balaban J connectivity index is 1.19. The van der Waals surface area contributed by atoms with Gasteiger partial charge in [-0.05, 0) is 78.0 Å². The highest BCUT2D eigenvalue weighted by Crippen LogP contribution is 2.53. The normalized spacial score (nSPS) is 26.7. The van der Waals surface area contributed by atoms with E-state index in [9.17, 15) is 10.1 Å². The highest BCUT2D eigenvalue weighted by molar-refractivity contribution is 5.87. The van der Waals surface area contributed by atoms with E-state index in [0.29, 0.717) is 18.6 Å². The van der Waals surface area contributed by atoms with Crippen molar-refractivity contribution in [3.63, 3.8) is 0 Å². The Morgan fingerprint density at radius 1 is 0.929 bits per heavy atom. The molecule has 0 amide bonds. The number of nitrogens with zero attached hydrogens (tertiary/aromatic N) is 3. The molecule has 0 saturated carbocycles. The third-order valence-electron chi connectivity index (χ3n) is 9.29. The van der Waals surface area contributed by atoms with E-state index >= 15 is 0 Å². The summed E-state index contributed by atoms with van der Waals surface area (Å²) < 4.78 is 28.8. The van der Waals surface area contributed by atoms with Crippen LogP contribution in [0.5, 0.6) is 23.0 Å². The number of piperazine rings is 1. The number of likely N-dealkylation sites (N-methyl/N-ethyl adjacent to an activating group) is 1. The molecule has 0 N–H and O–H groups in total. The minimum Gasteiger partial charge on any atom is -0.460 e. The first-order valence-electron chi connectivity index (χ1n) is 14.2. The van der Waals surface area contributed by atoms with E-state index in [1.807, 2.05) is 36.4 Å². The lowest BCUT2D eigenvalue weighted by Gasteiger charge is -2.59. The Kier molecular flexibility index (Phi) is 5.88. The summed E-state index contributed by atoms with van der Waals surface area (Å²) in [5, 5.41) is 10.6. The summed E-state index contributed by atoms with van der Waals surface area (Å²) in [7, 11) is 2.11. The number of esters is 1. The molecule has 5 atom stereocenters. The third kappa shape index (κ3) is 3.94. The van der Waals surface area contributed by atoms with Crippen LogP contribution in [-0.4, -0.2) is 61.1 Å². The maximum absolute atomic E-state index is 12.9. The Morgan fingerprint density at radius 2 is 1.55 bits per heavy atom. The average Bonchev–Trinajstić information content (AvgIpc) is 3.66. The fourth-order valence-corrected chi connectivity index (χ4v) is 7.41. The van der Waals surface area contributed by atoms with E-state index < -0.39 is 12.0 Å². The molecule has 3 aromatic carbocycles. The van der Waals surface area contributed by atoms with E-state index in [1.165, 1.54) is 17.2 Å². The lowest BCUT2D eigenvalue weighted by atomic mass is 9.73. The van der Waals surface area contributed by atoms with E-state index in [-0.39, 0.29) is 44.4 Å². The van der Waals surface area contributed by atoms with Crippen molar-refractivity contribution in [3.8, 4) is 29.1 Å². The molecule has 0 aliphatic carbocycles. The molecule has 5 heterocycles. The van der Waals surface area contributed by atoms with Crippen molar-refractivity contribution in [2.24, 2.45) is 0 Å². The van der Waals surface area contributed by atoms with Crippen LogP contribution in [0.25, 0.3) is 6.08 Å². The molecule has 212 valence electrons. The Labute approximate surface area is 243 Å². The average molecular weight is 564 g/mol. The van der Waals surface area contributed by atoms with E-state index in [1.54, 1.807) is 6.08 Å². The summed E-state index contributed by atoms with van der Waals surface area (Å²) >= 11 is 0. The number of hydrogen-bond acceptors (Lipinski definition) is 9. The lowest BCUT2D eigenvalue weighted by Crippen LogP contribution is -2.68. The van der Waals surface area contributed by atoms with Crippen LogP contribution in [0.1, 0.15) is 39.9 Å². The molecule has 1 saturated heterocycles. The number of ether oxygens (including phenoxy) is 5. The van der Waals surface area contributed by atoms with Crippen LogP contribution in [0.4, 0.5) is 0 Å². The van der Waals surface area contributed by atoms with Gasteiger partial charge in [0.25, 0.3) is 0 Å². The molecule has 0 radical (unpaired) electrons. The summed E-state index contributed by atoms with van der Waals surface area (Å²) in [4.78, 5) is 17.6. The number of fused-ring (bicyclic) bond motifs is 9. The number of carbonyl (C=O) groups excluding carboxylic acids is 1. The summed E-state index contributed by atoms with van der Waals surface area (Å²) in [5.41, 5.74) is 5.41. The van der Waals surface area contributed by atoms with Crippen molar-refractivity contribution >= 4 is 12.0 Å². The number of nitriles is 1. The molecule has 9 heteroatoms. The van der Waals surface area contributed by atoms with Crippen LogP contribution in [-0.2, 0) is 22.4 Å². The van der Waals surface area contributed by atoms with Crippen LogP contribution in [0.2, 0.25) is 0 Å². The summed E-state index contributed by atoms with van der Waals surface area (Å²) in [6.45, 7) is 0.492. The van der Waals surface area contributed by atoms with Crippen LogP contribution in [0, 0.1) is 11.3 Å². The van der Waals surface area contributed by atoms with Crippen LogP contribution >= 0.6 is 0 Å². The standard InChI is InChI=1S/C33H29N3O6/c1-35-24-9-21-12-29-31(42-18-40-29)14-23(21)33(35)25-10-20-11-28-30(41-17-39-28)13-22(20)27(36(25)26(24)15-34)16-38-32(37)8-7-19-5-3-2-4-6-19/h2-8,11-14,24-27,33H,9-10,16-18H2,1H3. The summed E-state index contributed by atoms with van der Waals surface area (Å²) in [5.74, 6) is 2.48. The zero-order chi connectivity index (χ0) is 28.4. The number of rotatable bonds is 4. The molecular weight excluding hydrogens is 534 g/mol. The molecule has 5 aliphatic heterocycles. The maximum atomic E-state index is 12.9. The monoisotopic (exact) mass is 563 g/mol. The van der Waals surface area contributed by atoms with Gasteiger partial charge in [0.05, 0.1) is 18.2 Å². The highest BCUT2D eigenvalue weighted by atomic mass is 16.7. The maximum Gasteiger partial charge on any atom is 0.330 e. The fourth-order valence-electron chi connectivity index (χ4n) is 7.41. The van der Waals surface area contributed by atoms with Crippen LogP contribution in [0.3, 0.4) is 0 Å². The van der Waals surface area contributed by atoms with E-state index in [0.717, 1.165) is 33.9 Å². The number of benzene rings is 3. The zero-order valence-electron chi connectivity index (χ0n) is 23.1. The van der Waals surface area contributed by atoms with Gasteiger partial charge in [-0.2, -0.15) is 5.26 Å². The van der Waals surface area contributed by atoms with Crippen molar-refractivity contribution in [1.82, 2.24) is 9.80 Å². The van der Waals surface area contributed by atoms with Crippen LogP contribution in [0.15, 0.2) is 60.7 Å². The molecule has 0 spiro atoms. The van der Waals surface area contributed by atoms with Gasteiger partial charge in [-0.1, -0.05) is 30.3 Å². The quantitative estimate of drug-likeness (QED) is 0.343. The molecule has 0 aromatic heterocycles. The largest absolute Gasteiger partial charge is 0.460 e. The predicted octanol–water partition coefficient (Wildman–Crippen LogP) is 4.17. The summed E-state index contributed by atoms with van der Waals surface area (Å²) in [6.07, 6.45) is 4.62. The first-order chi connectivity index (χ1) is 20.6. The van der Waals surface area contributed by atoms with E-state index in [4.69, 9.17) is 23.7 Å². The first-order valence-corrected chi connectivity index (χ1v) is 14.2.